The van der Waals surface area contributed by atoms with Crippen LogP contribution in [0.4, 0.5) is 0 Å². The van der Waals surface area contributed by atoms with Gasteiger partial charge in [-0.25, -0.2) is 4.98 Å². The van der Waals surface area contributed by atoms with E-state index in [1.807, 2.05) is 20.1 Å². The van der Waals surface area contributed by atoms with E-state index in [1.54, 1.807) is 58.2 Å². The zero-order valence-corrected chi connectivity index (χ0v) is 61.6. The van der Waals surface area contributed by atoms with Gasteiger partial charge >= 0.3 is 0 Å². The topological polar surface area (TPSA) is 656 Å². The summed E-state index contributed by atoms with van der Waals surface area (Å²) >= 11 is 1.44. The number of aromatic amines is 2. The van der Waals surface area contributed by atoms with Crippen LogP contribution in [0.15, 0.2) is 48.0 Å². The van der Waals surface area contributed by atoms with Crippen molar-refractivity contribution in [2.24, 2.45) is 62.9 Å². The van der Waals surface area contributed by atoms with Crippen molar-refractivity contribution in [1.82, 2.24) is 78.8 Å². The Kier molecular flexibility index (Phi) is 38.2. The third-order valence-corrected chi connectivity index (χ3v) is 16.8. The molecule has 0 spiro atoms. The van der Waals surface area contributed by atoms with E-state index in [2.05, 4.69) is 83.7 Å². The van der Waals surface area contributed by atoms with E-state index in [0.717, 1.165) is 0 Å². The Labute approximate surface area is 616 Å². The highest BCUT2D eigenvalue weighted by atomic mass is 32.2. The predicted molar refractivity (Wildman–Crippen MR) is 390 cm³/mol. The lowest BCUT2D eigenvalue weighted by molar-refractivity contribution is -0.136. The maximum Gasteiger partial charge on any atom is 0.243 e. The van der Waals surface area contributed by atoms with Crippen LogP contribution < -0.4 is 104 Å². The molecule has 0 saturated carbocycles. The molecule has 0 bridgehead atoms. The lowest BCUT2D eigenvalue weighted by Gasteiger charge is -2.27. The summed E-state index contributed by atoms with van der Waals surface area (Å²) in [6.07, 6.45) is 3.90. The van der Waals surface area contributed by atoms with Gasteiger partial charge in [0.1, 0.15) is 60.4 Å². The normalized spacial score (nSPS) is 14.3. The molecule has 39 nitrogen and oxygen atoms in total. The fourth-order valence-electron chi connectivity index (χ4n) is 10.5. The zero-order valence-electron chi connectivity index (χ0n) is 60.8. The number of rotatable bonds is 49. The summed E-state index contributed by atoms with van der Waals surface area (Å²) in [6.45, 7) is 9.98. The van der Waals surface area contributed by atoms with Crippen molar-refractivity contribution in [3.05, 3.63) is 54.2 Å². The molecule has 1 aromatic carbocycles. The Hall–Kier alpha value is -10.9. The summed E-state index contributed by atoms with van der Waals surface area (Å²) in [5.41, 5.74) is 40.1. The van der Waals surface area contributed by atoms with Crippen molar-refractivity contribution in [1.29, 1.82) is 0 Å². The number of benzene rings is 1. The summed E-state index contributed by atoms with van der Waals surface area (Å²) in [5.74, 6) is -15.3. The first-order valence-electron chi connectivity index (χ1n) is 34.4. The number of primary amides is 4. The monoisotopic (exact) mass is 1510 g/mol. The van der Waals surface area contributed by atoms with Gasteiger partial charge in [-0.1, -0.05) is 59.7 Å². The number of guanidine groups is 1. The van der Waals surface area contributed by atoms with Crippen molar-refractivity contribution in [3.63, 3.8) is 0 Å². The summed E-state index contributed by atoms with van der Waals surface area (Å²) in [4.78, 5) is 228. The van der Waals surface area contributed by atoms with Crippen molar-refractivity contribution in [2.45, 2.75) is 192 Å². The van der Waals surface area contributed by atoms with E-state index < -0.39 is 199 Å². The number of aromatic nitrogens is 3. The Bertz CT molecular complexity index is 3570. The molecule has 3 aromatic rings. The molecule has 0 aliphatic heterocycles. The lowest BCUT2D eigenvalue weighted by Crippen LogP contribution is -2.60. The van der Waals surface area contributed by atoms with Crippen molar-refractivity contribution in [3.8, 4) is 0 Å². The van der Waals surface area contributed by atoms with Crippen LogP contribution in [0, 0.1) is 17.8 Å². The number of nitrogens with two attached hydrogens (primary N) is 7. The molecule has 0 saturated heterocycles. The number of nitrogens with one attached hydrogen (secondary N) is 14. The fourth-order valence-corrected chi connectivity index (χ4v) is 11.0. The SMILES string of the molecule is CSCC[C@H](NC(=O)[C@H](CC(C)C)NC(=O)[C@H](Cc1cnc[nH]1)NC(=O)CNC(=O)[C@@H](NC(=O)[C@H](C)NC(=O)[C@H](Cc1c[nH]c2ccccc12)NC(=O)[C@H](CCC(N)=O)NC(=O)[C@H](CC(N)=O)NC(=O)CNC(=O)[C@H](CC(C)C)NC(=O)[C@H](CCCN=C(N)N)NC(=O)[C@@H](N)CCC(N)=O)C(C)C)C(N)=O. The molecule has 0 aliphatic carbocycles. The second-order valence-corrected chi connectivity index (χ2v) is 27.5. The summed E-state index contributed by atoms with van der Waals surface area (Å²) in [6, 6.07) is -8.49. The molecule has 2 aromatic heterocycles. The number of nitrogens with zero attached hydrogens (tertiary/aromatic N) is 2. The second kappa shape index (κ2) is 45.3. The highest BCUT2D eigenvalue weighted by molar-refractivity contribution is 7.98. The molecule has 106 heavy (non-hydrogen) atoms. The van der Waals surface area contributed by atoms with Crippen molar-refractivity contribution < 1.29 is 76.7 Å². The number of hydrogen-bond donors (Lipinski definition) is 21. The van der Waals surface area contributed by atoms with E-state index in [0.29, 0.717) is 27.9 Å². The number of H-pyrrole nitrogens is 2. The minimum Gasteiger partial charge on any atom is -0.370 e. The molecule has 0 unspecified atom stereocenters. The molecule has 0 radical (unpaired) electrons. The van der Waals surface area contributed by atoms with Gasteiger partial charge in [0.05, 0.1) is 31.9 Å². The lowest BCUT2D eigenvalue weighted by atomic mass is 10.0. The number of amides is 16. The maximum absolute atomic E-state index is 14.5. The standard InChI is InChI=1S/C66H105N23O16S/c1-32(2)22-44(86-59(99)42(14-11-20-75-66(72)73)84-57(97)39(67)15-17-49(68)90)58(98)77-29-52(93)82-48(26-51(70)92)64(104)85-43(16-18-50(69)91)60(100)88-46(24-36-27-76-40-13-10-9-12-38(36)40)61(101)80-35(7)56(96)89-54(34(5)6)65(105)78-30-53(94)81-47(25-37-28-74-31-79-37)63(103)87-45(23-33(3)4)62(102)83-41(55(71)95)19-21-106-8/h9-10,12-13,27-28,31-35,39,41-48,54,76H,11,14-26,29-30,67H2,1-8H3,(H2,68,90)(H2,69,91)(H2,70,92)(H2,71,95)(H,74,79)(H,77,98)(H,78,105)(H,80,101)(H,81,94)(H,82,93)(H,83,102)(H,84,97)(H,85,104)(H,86,99)(H,87,103)(H,88,100)(H,89,96)(H4,72,73,75)/t35-,39-,41-,42-,43-,44-,45-,46-,47-,48-,54-/m0/s1. The van der Waals surface area contributed by atoms with E-state index in [4.69, 9.17) is 40.1 Å². The van der Waals surface area contributed by atoms with Crippen LogP contribution in [0.1, 0.15) is 124 Å². The molecule has 0 fully saturated rings. The molecule has 11 atom stereocenters. The Morgan fingerprint density at radius 2 is 1.00 bits per heavy atom. The second-order valence-electron chi connectivity index (χ2n) is 26.5. The first kappa shape index (κ1) is 89.3. The molecule has 16 amide bonds. The van der Waals surface area contributed by atoms with Crippen LogP contribution >= 0.6 is 11.8 Å². The molecular weight excluding hydrogens is 1400 g/mol. The molecule has 0 aliphatic rings. The molecule has 28 N–H and O–H groups in total. The minimum absolute atomic E-state index is 0.00566. The van der Waals surface area contributed by atoms with Crippen LogP contribution in [0.3, 0.4) is 0 Å². The van der Waals surface area contributed by atoms with Crippen LogP contribution in [-0.4, -0.2) is 214 Å². The van der Waals surface area contributed by atoms with Crippen molar-refractivity contribution >= 4 is 123 Å². The number of para-hydroxylation sites is 1. The maximum atomic E-state index is 14.5. The number of fused-ring (bicyclic) bond motifs is 1. The van der Waals surface area contributed by atoms with Crippen LogP contribution in [0.5, 0.6) is 0 Å². The fraction of sp³-hybridized carbons (Fsp3) is 0.576. The average molecular weight is 1510 g/mol. The van der Waals surface area contributed by atoms with Gasteiger partial charge in [0.25, 0.3) is 0 Å². The largest absolute Gasteiger partial charge is 0.370 e. The molecule has 2 heterocycles. The number of thioether (sulfide) groups is 1. The highest BCUT2D eigenvalue weighted by Crippen LogP contribution is 2.20. The molecule has 40 heteroatoms. The smallest absolute Gasteiger partial charge is 0.243 e. The Morgan fingerprint density at radius 1 is 0.500 bits per heavy atom. The van der Waals surface area contributed by atoms with Gasteiger partial charge < -0.3 is 114 Å². The van der Waals surface area contributed by atoms with Gasteiger partial charge in [-0.3, -0.25) is 81.7 Å². The molecular formula is C66H105N23O16S. The van der Waals surface area contributed by atoms with Gasteiger partial charge in [-0.15, -0.1) is 0 Å². The van der Waals surface area contributed by atoms with E-state index in [1.165, 1.54) is 31.2 Å². The van der Waals surface area contributed by atoms with E-state index in [-0.39, 0.29) is 82.1 Å². The Morgan fingerprint density at radius 3 is 1.56 bits per heavy atom. The predicted octanol–water partition coefficient (Wildman–Crippen LogP) is -6.45. The number of carbonyl (C=O) groups is 16. The zero-order chi connectivity index (χ0) is 79.5. The summed E-state index contributed by atoms with van der Waals surface area (Å²) in [7, 11) is 0. The molecule has 586 valence electrons. The number of hydrogen-bond acceptors (Lipinski definition) is 20. The highest BCUT2D eigenvalue weighted by Gasteiger charge is 2.36. The van der Waals surface area contributed by atoms with Gasteiger partial charge in [0.15, 0.2) is 5.96 Å². The number of imidazole rings is 1. The summed E-state index contributed by atoms with van der Waals surface area (Å²) < 4.78 is 0. The minimum atomic E-state index is -1.85. The number of aliphatic imine (C=N–C) groups is 1. The van der Waals surface area contributed by atoms with Gasteiger partial charge in [-0.2, -0.15) is 11.8 Å². The Balaban J connectivity index is 1.83. The molecule has 3 rings (SSSR count). The quantitative estimate of drug-likeness (QED) is 0.0142. The van der Waals surface area contributed by atoms with Crippen molar-refractivity contribution in [2.75, 3.05) is 31.6 Å². The number of carbonyl (C=O) groups excluding carboxylic acids is 16. The first-order chi connectivity index (χ1) is 49.9. The van der Waals surface area contributed by atoms with Gasteiger partial charge in [-0.05, 0) is 93.3 Å². The van der Waals surface area contributed by atoms with Gasteiger partial charge in [0.2, 0.25) is 94.5 Å². The van der Waals surface area contributed by atoms with Crippen LogP contribution in [-0.2, 0) is 89.6 Å². The van der Waals surface area contributed by atoms with E-state index in [9.17, 15) is 76.7 Å². The van der Waals surface area contributed by atoms with Gasteiger partial charge in [0, 0.05) is 61.2 Å². The third kappa shape index (κ3) is 32.8. The first-order valence-corrected chi connectivity index (χ1v) is 35.8. The summed E-state index contributed by atoms with van der Waals surface area (Å²) in [5, 5.41) is 30.7. The van der Waals surface area contributed by atoms with Crippen LogP contribution in [0.25, 0.3) is 10.9 Å². The third-order valence-electron chi connectivity index (χ3n) is 16.1. The average Bonchev–Trinajstić information content (AvgIpc) is 1.30. The van der Waals surface area contributed by atoms with Crippen LogP contribution in [0.2, 0.25) is 0 Å². The van der Waals surface area contributed by atoms with E-state index >= 15 is 0 Å².